The monoisotopic (exact) mass is 242 g/mol. The van der Waals surface area contributed by atoms with E-state index < -0.39 is 0 Å². The highest BCUT2D eigenvalue weighted by atomic mass is 32.1. The van der Waals surface area contributed by atoms with E-state index in [0.29, 0.717) is 6.04 Å². The summed E-state index contributed by atoms with van der Waals surface area (Å²) < 4.78 is 0. The van der Waals surface area contributed by atoms with E-state index in [1.807, 2.05) is 4.90 Å². The summed E-state index contributed by atoms with van der Waals surface area (Å²) in [6.07, 6.45) is 5.81. The van der Waals surface area contributed by atoms with Crippen LogP contribution in [0.1, 0.15) is 46.0 Å². The lowest BCUT2D eigenvalue weighted by atomic mass is 9.96. The number of rotatable bonds is 1. The quantitative estimate of drug-likeness (QED) is 0.763. The fourth-order valence-electron chi connectivity index (χ4n) is 2.75. The third-order valence-electron chi connectivity index (χ3n) is 3.45. The number of nitrogens with zero attached hydrogens (tertiary/aromatic N) is 1. The van der Waals surface area contributed by atoms with Crippen LogP contribution in [0.5, 0.6) is 0 Å². The molecule has 2 rings (SSSR count). The Kier molecular flexibility index (Phi) is 4.44. The minimum Gasteiger partial charge on any atom is -0.320 e. The van der Waals surface area contributed by atoms with Crippen molar-refractivity contribution in [2.75, 3.05) is 0 Å². The maximum Gasteiger partial charge on any atom is 0.243 e. The van der Waals surface area contributed by atoms with Crippen molar-refractivity contribution >= 4 is 19.4 Å². The predicted octanol–water partition coefficient (Wildman–Crippen LogP) is 1.90. The first kappa shape index (κ1) is 13.6. The Labute approximate surface area is 105 Å². The van der Waals surface area contributed by atoms with Crippen molar-refractivity contribution in [1.29, 1.82) is 0 Å². The van der Waals surface area contributed by atoms with E-state index in [4.69, 9.17) is 5.73 Å². The van der Waals surface area contributed by atoms with Crippen molar-refractivity contribution in [1.82, 2.24) is 4.90 Å². The third kappa shape index (κ3) is 2.28. The van der Waals surface area contributed by atoms with Crippen molar-refractivity contribution in [3.63, 3.8) is 0 Å². The van der Waals surface area contributed by atoms with Gasteiger partial charge in [-0.1, -0.05) is 0 Å². The average Bonchev–Trinajstić information content (AvgIpc) is 2.52. The molecular weight excluding hydrogens is 220 g/mol. The fourth-order valence-corrected chi connectivity index (χ4v) is 2.75. The Bertz CT molecular complexity index is 312. The van der Waals surface area contributed by atoms with Gasteiger partial charge >= 0.3 is 0 Å². The molecule has 1 amide bonds. The molecule has 1 heterocycles. The minimum absolute atomic E-state index is 0. The molecule has 0 saturated heterocycles. The van der Waals surface area contributed by atoms with E-state index in [1.54, 1.807) is 6.92 Å². The van der Waals surface area contributed by atoms with E-state index in [2.05, 4.69) is 6.92 Å². The average molecular weight is 242 g/mol. The molecule has 1 aliphatic heterocycles. The lowest BCUT2D eigenvalue weighted by molar-refractivity contribution is -0.131. The van der Waals surface area contributed by atoms with Gasteiger partial charge in [0.05, 0.1) is 6.04 Å². The second-order valence-corrected chi connectivity index (χ2v) is 4.81. The van der Waals surface area contributed by atoms with E-state index in [1.165, 1.54) is 30.5 Å². The van der Waals surface area contributed by atoms with Gasteiger partial charge in [0.2, 0.25) is 5.91 Å². The highest BCUT2D eigenvalue weighted by Crippen LogP contribution is 2.38. The standard InChI is InChI=1S/C12H20N2O.H2S/c1-8-7-10-5-3-4-6-11(10)14(8)12(15)9(2)13;/h8-9H,3-7,13H2,1-2H3;1H2/t8-,9+;/m1./s1. The SMILES string of the molecule is C[C@H](N)C(=O)N1C2=C(CCCC2)C[C@H]1C.S. The van der Waals surface area contributed by atoms with Gasteiger partial charge in [-0.05, 0) is 51.5 Å². The van der Waals surface area contributed by atoms with Gasteiger partial charge in [0.15, 0.2) is 0 Å². The second kappa shape index (κ2) is 5.23. The number of amides is 1. The summed E-state index contributed by atoms with van der Waals surface area (Å²) in [4.78, 5) is 13.9. The first-order valence-corrected chi connectivity index (χ1v) is 5.91. The summed E-state index contributed by atoms with van der Waals surface area (Å²) >= 11 is 0. The molecule has 2 aliphatic rings. The van der Waals surface area contributed by atoms with Crippen LogP contribution in [0, 0.1) is 0 Å². The van der Waals surface area contributed by atoms with Crippen molar-refractivity contribution in [3.05, 3.63) is 11.3 Å². The van der Waals surface area contributed by atoms with E-state index in [0.717, 1.165) is 12.8 Å². The maximum absolute atomic E-state index is 12.0. The Hall–Kier alpha value is -0.480. The van der Waals surface area contributed by atoms with Crippen LogP contribution in [0.15, 0.2) is 11.3 Å². The van der Waals surface area contributed by atoms with Crippen LogP contribution in [-0.2, 0) is 4.79 Å². The number of hydrogen-bond donors (Lipinski definition) is 1. The van der Waals surface area contributed by atoms with Gasteiger partial charge < -0.3 is 10.6 Å². The molecule has 0 radical (unpaired) electrons. The molecule has 0 unspecified atom stereocenters. The van der Waals surface area contributed by atoms with Crippen molar-refractivity contribution in [3.8, 4) is 0 Å². The second-order valence-electron chi connectivity index (χ2n) is 4.81. The molecule has 1 aliphatic carbocycles. The molecule has 2 atom stereocenters. The summed E-state index contributed by atoms with van der Waals surface area (Å²) in [5.41, 5.74) is 8.48. The van der Waals surface area contributed by atoms with Crippen LogP contribution in [-0.4, -0.2) is 22.9 Å². The zero-order valence-corrected chi connectivity index (χ0v) is 11.1. The van der Waals surface area contributed by atoms with Gasteiger partial charge in [0.1, 0.15) is 0 Å². The molecule has 0 saturated carbocycles. The predicted molar refractivity (Wildman–Crippen MR) is 70.4 cm³/mol. The molecule has 0 aromatic rings. The molecule has 0 aromatic heterocycles. The Morgan fingerprint density at radius 1 is 1.44 bits per heavy atom. The topological polar surface area (TPSA) is 46.3 Å². The van der Waals surface area contributed by atoms with E-state index in [9.17, 15) is 4.79 Å². The number of carbonyl (C=O) groups is 1. The smallest absolute Gasteiger partial charge is 0.243 e. The lowest BCUT2D eigenvalue weighted by Crippen LogP contribution is -2.43. The van der Waals surface area contributed by atoms with Crippen LogP contribution >= 0.6 is 13.5 Å². The first-order chi connectivity index (χ1) is 7.11. The molecule has 3 nitrogen and oxygen atoms in total. The van der Waals surface area contributed by atoms with Crippen LogP contribution in [0.3, 0.4) is 0 Å². The Morgan fingerprint density at radius 2 is 2.06 bits per heavy atom. The molecule has 4 heteroatoms. The summed E-state index contributed by atoms with van der Waals surface area (Å²) in [5, 5.41) is 0. The summed E-state index contributed by atoms with van der Waals surface area (Å²) in [7, 11) is 0. The van der Waals surface area contributed by atoms with E-state index >= 15 is 0 Å². The largest absolute Gasteiger partial charge is 0.320 e. The molecule has 0 bridgehead atoms. The summed E-state index contributed by atoms with van der Waals surface area (Å²) in [6.45, 7) is 3.90. The van der Waals surface area contributed by atoms with Crippen LogP contribution < -0.4 is 5.73 Å². The summed E-state index contributed by atoms with van der Waals surface area (Å²) in [6, 6.07) is -0.0483. The van der Waals surface area contributed by atoms with Gasteiger partial charge in [0.25, 0.3) is 0 Å². The molecule has 92 valence electrons. The normalized spacial score (nSPS) is 26.2. The van der Waals surface area contributed by atoms with Gasteiger partial charge in [0, 0.05) is 11.7 Å². The molecule has 0 fully saturated rings. The van der Waals surface area contributed by atoms with Crippen molar-refractivity contribution < 1.29 is 4.79 Å². The molecular formula is C12H22N2OS. The lowest BCUT2D eigenvalue weighted by Gasteiger charge is -2.28. The van der Waals surface area contributed by atoms with Crippen LogP contribution in [0.4, 0.5) is 0 Å². The van der Waals surface area contributed by atoms with Gasteiger partial charge in [-0.3, -0.25) is 4.79 Å². The zero-order chi connectivity index (χ0) is 11.0. The van der Waals surface area contributed by atoms with Gasteiger partial charge in [-0.25, -0.2) is 0 Å². The van der Waals surface area contributed by atoms with Crippen LogP contribution in [0.25, 0.3) is 0 Å². The molecule has 0 spiro atoms. The maximum atomic E-state index is 12.0. The summed E-state index contributed by atoms with van der Waals surface area (Å²) in [5.74, 6) is 0.0920. The fraction of sp³-hybridized carbons (Fsp3) is 0.750. The highest BCUT2D eigenvalue weighted by Gasteiger charge is 2.34. The van der Waals surface area contributed by atoms with Gasteiger partial charge in [-0.15, -0.1) is 0 Å². The van der Waals surface area contributed by atoms with Crippen molar-refractivity contribution in [2.45, 2.75) is 58.0 Å². The first-order valence-electron chi connectivity index (χ1n) is 5.91. The zero-order valence-electron chi connectivity index (χ0n) is 10.1. The Morgan fingerprint density at radius 3 is 2.69 bits per heavy atom. The number of carbonyl (C=O) groups excluding carboxylic acids is 1. The molecule has 0 aromatic carbocycles. The van der Waals surface area contributed by atoms with Crippen LogP contribution in [0.2, 0.25) is 0 Å². The number of nitrogens with two attached hydrogens (primary N) is 1. The van der Waals surface area contributed by atoms with Gasteiger partial charge in [-0.2, -0.15) is 13.5 Å². The van der Waals surface area contributed by atoms with E-state index in [-0.39, 0.29) is 25.4 Å². The molecule has 2 N–H and O–H groups in total. The minimum atomic E-state index is -0.374. The number of allylic oxidation sites excluding steroid dienone is 1. The molecule has 16 heavy (non-hydrogen) atoms. The van der Waals surface area contributed by atoms with Crippen molar-refractivity contribution in [2.24, 2.45) is 5.73 Å². The number of hydrogen-bond acceptors (Lipinski definition) is 2. The third-order valence-corrected chi connectivity index (χ3v) is 3.45. The Balaban J connectivity index is 0.00000128. The highest BCUT2D eigenvalue weighted by molar-refractivity contribution is 7.59.